The molecule has 0 atom stereocenters. The molecule has 3 aromatic rings. The van der Waals surface area contributed by atoms with E-state index in [1.165, 1.54) is 34.6 Å². The molecule has 0 amide bonds. The molecule has 17 heteroatoms. The highest BCUT2D eigenvalue weighted by Crippen LogP contribution is 2.31. The molecule has 1 saturated heterocycles. The van der Waals surface area contributed by atoms with Gasteiger partial charge in [0.1, 0.15) is 0 Å². The number of halogens is 6. The van der Waals surface area contributed by atoms with E-state index in [1.807, 2.05) is 0 Å². The third-order valence-corrected chi connectivity index (χ3v) is 7.32. The molecule has 40 heavy (non-hydrogen) atoms. The number of aromatic nitrogens is 3. The van der Waals surface area contributed by atoms with Crippen LogP contribution in [0.4, 0.5) is 43.9 Å². The van der Waals surface area contributed by atoms with Crippen molar-refractivity contribution < 1.29 is 44.2 Å². The molecule has 0 unspecified atom stereocenters. The van der Waals surface area contributed by atoms with Crippen LogP contribution in [0.1, 0.15) is 11.1 Å². The van der Waals surface area contributed by atoms with Gasteiger partial charge in [0.2, 0.25) is 21.9 Å². The van der Waals surface area contributed by atoms with Gasteiger partial charge in [0.15, 0.2) is 6.61 Å². The van der Waals surface area contributed by atoms with Crippen molar-refractivity contribution in [2.45, 2.75) is 23.8 Å². The summed E-state index contributed by atoms with van der Waals surface area (Å²) in [5.74, 6) is -0.618. The van der Waals surface area contributed by atoms with Gasteiger partial charge in [0.05, 0.1) is 23.7 Å². The Hall–Kier alpha value is -3.70. The molecule has 0 saturated carbocycles. The second-order valence-corrected chi connectivity index (χ2v) is 10.3. The minimum atomic E-state index is -4.70. The fraction of sp³-hybridized carbons (Fsp3) is 0.348. The molecule has 2 N–H and O–H groups in total. The predicted molar refractivity (Wildman–Crippen MR) is 129 cm³/mol. The maximum atomic E-state index is 13.0. The highest BCUT2D eigenvalue weighted by molar-refractivity contribution is 7.89. The highest BCUT2D eigenvalue weighted by atomic mass is 32.2. The number of hydrogen-bond acceptors (Lipinski definition) is 9. The van der Waals surface area contributed by atoms with Crippen molar-refractivity contribution in [3.05, 3.63) is 59.7 Å². The molecular weight excluding hydrogens is 570 g/mol. The lowest BCUT2D eigenvalue weighted by molar-refractivity contribution is -0.154. The van der Waals surface area contributed by atoms with Gasteiger partial charge in [0.25, 0.3) is 0 Å². The number of ether oxygens (including phenoxy) is 2. The highest BCUT2D eigenvalue weighted by Gasteiger charge is 2.31. The summed E-state index contributed by atoms with van der Waals surface area (Å²) in [7, 11) is -3.70. The van der Waals surface area contributed by atoms with Crippen molar-refractivity contribution in [1.82, 2.24) is 19.3 Å². The first-order chi connectivity index (χ1) is 18.8. The summed E-state index contributed by atoms with van der Waals surface area (Å²) in [6.45, 7) is -0.623. The molecule has 0 spiro atoms. The lowest BCUT2D eigenvalue weighted by Crippen LogP contribution is -2.40. The molecule has 4 rings (SSSR count). The van der Waals surface area contributed by atoms with Crippen molar-refractivity contribution in [1.29, 1.82) is 0 Å². The van der Waals surface area contributed by atoms with Crippen LogP contribution in [0, 0.1) is 0 Å². The van der Waals surface area contributed by atoms with Crippen molar-refractivity contribution in [2.75, 3.05) is 43.5 Å². The van der Waals surface area contributed by atoms with E-state index >= 15 is 0 Å². The van der Waals surface area contributed by atoms with Gasteiger partial charge in [-0.3, -0.25) is 0 Å². The fourth-order valence-corrected chi connectivity index (χ4v) is 4.91. The maximum absolute atomic E-state index is 13.0. The quantitative estimate of drug-likeness (QED) is 0.353. The van der Waals surface area contributed by atoms with Crippen molar-refractivity contribution >= 4 is 27.6 Å². The van der Waals surface area contributed by atoms with Gasteiger partial charge in [-0.15, -0.1) is 0 Å². The number of nitrogens with zero attached hydrogens (tertiary/aromatic N) is 4. The van der Waals surface area contributed by atoms with E-state index in [9.17, 15) is 34.8 Å². The fourth-order valence-electron chi connectivity index (χ4n) is 3.50. The monoisotopic (exact) mass is 592 g/mol. The Balaban J connectivity index is 1.50. The number of hydrogen-bond donors (Lipinski definition) is 2. The van der Waals surface area contributed by atoms with Gasteiger partial charge in [-0.1, -0.05) is 18.2 Å². The summed E-state index contributed by atoms with van der Waals surface area (Å²) in [6, 6.07) is 9.21. The summed E-state index contributed by atoms with van der Waals surface area (Å²) < 4.78 is 114. The van der Waals surface area contributed by atoms with Crippen LogP contribution < -0.4 is 15.4 Å². The van der Waals surface area contributed by atoms with Crippen molar-refractivity contribution in [3.63, 3.8) is 0 Å². The van der Waals surface area contributed by atoms with Crippen molar-refractivity contribution in [2.24, 2.45) is 0 Å². The normalized spacial score (nSPS) is 15.1. The zero-order chi connectivity index (χ0) is 29.0. The van der Waals surface area contributed by atoms with Gasteiger partial charge in [-0.2, -0.15) is 45.6 Å². The van der Waals surface area contributed by atoms with E-state index in [0.717, 1.165) is 18.2 Å². The lowest BCUT2D eigenvalue weighted by Gasteiger charge is -2.26. The Morgan fingerprint density at radius 2 is 1.60 bits per heavy atom. The van der Waals surface area contributed by atoms with E-state index in [-0.39, 0.29) is 42.1 Å². The lowest BCUT2D eigenvalue weighted by atomic mass is 10.2. The smallest absolute Gasteiger partial charge is 0.422 e. The van der Waals surface area contributed by atoms with Crippen LogP contribution in [0.15, 0.2) is 53.4 Å². The Kier molecular flexibility index (Phi) is 8.65. The van der Waals surface area contributed by atoms with Crippen LogP contribution in [0.5, 0.6) is 6.01 Å². The molecule has 0 radical (unpaired) electrons. The molecule has 1 aromatic heterocycles. The van der Waals surface area contributed by atoms with Gasteiger partial charge >= 0.3 is 18.4 Å². The average Bonchev–Trinajstić information content (AvgIpc) is 2.91. The maximum Gasteiger partial charge on any atom is 0.422 e. The van der Waals surface area contributed by atoms with E-state index in [4.69, 9.17) is 4.74 Å². The van der Waals surface area contributed by atoms with Crippen LogP contribution >= 0.6 is 0 Å². The Bertz CT molecular complexity index is 1410. The predicted octanol–water partition coefficient (Wildman–Crippen LogP) is 4.21. The van der Waals surface area contributed by atoms with Crippen molar-refractivity contribution in [3.8, 4) is 6.01 Å². The largest absolute Gasteiger partial charge is 0.454 e. The molecular formula is C23H22F6N6O4S. The second-order valence-electron chi connectivity index (χ2n) is 8.39. The number of sulfonamides is 1. The van der Waals surface area contributed by atoms with Gasteiger partial charge in [-0.05, 0) is 35.9 Å². The summed E-state index contributed by atoms with van der Waals surface area (Å²) in [5, 5.41) is 5.27. The zero-order valence-electron chi connectivity index (χ0n) is 20.5. The number of nitrogens with one attached hydrogen (secondary N) is 2. The van der Waals surface area contributed by atoms with Gasteiger partial charge in [-0.25, -0.2) is 8.42 Å². The topological polar surface area (TPSA) is 119 Å². The molecule has 10 nitrogen and oxygen atoms in total. The molecule has 1 aliphatic rings. The zero-order valence-corrected chi connectivity index (χ0v) is 21.3. The minimum absolute atomic E-state index is 0.0175. The van der Waals surface area contributed by atoms with E-state index in [0.29, 0.717) is 18.8 Å². The van der Waals surface area contributed by atoms with Crippen LogP contribution in [-0.2, 0) is 27.5 Å². The Morgan fingerprint density at radius 3 is 2.25 bits per heavy atom. The van der Waals surface area contributed by atoms with Crippen LogP contribution in [-0.4, -0.2) is 66.8 Å². The summed E-state index contributed by atoms with van der Waals surface area (Å²) in [4.78, 5) is 11.6. The van der Waals surface area contributed by atoms with E-state index in [2.05, 4.69) is 30.3 Å². The minimum Gasteiger partial charge on any atom is -0.454 e. The standard InChI is InChI=1S/C23H22F6N6O4S/c24-22(25,26)14-39-21-33-19(32-20(34-21)31-17-3-1-2-16(12-17)23(27,28)29)30-13-15-4-6-18(7-5-15)40(36,37)35-8-10-38-11-9-35/h1-7,12H,8-11,13-14H2,(H2,30,31,32,33,34). The second kappa shape index (κ2) is 11.8. The number of benzene rings is 2. The van der Waals surface area contributed by atoms with E-state index in [1.54, 1.807) is 0 Å². The number of morpholine rings is 1. The average molecular weight is 593 g/mol. The van der Waals surface area contributed by atoms with Crippen LogP contribution in [0.25, 0.3) is 0 Å². The number of alkyl halides is 6. The first-order valence-electron chi connectivity index (χ1n) is 11.6. The summed E-state index contributed by atoms with van der Waals surface area (Å²) in [5.41, 5.74) is -0.463. The molecule has 0 bridgehead atoms. The third-order valence-electron chi connectivity index (χ3n) is 5.41. The first-order valence-corrected chi connectivity index (χ1v) is 13.0. The van der Waals surface area contributed by atoms with Crippen LogP contribution in [0.2, 0.25) is 0 Å². The molecule has 0 aliphatic carbocycles. The molecule has 2 heterocycles. The van der Waals surface area contributed by atoms with E-state index < -0.39 is 40.6 Å². The molecule has 1 aliphatic heterocycles. The van der Waals surface area contributed by atoms with Gasteiger partial charge in [0, 0.05) is 25.3 Å². The van der Waals surface area contributed by atoms with Crippen LogP contribution in [0.3, 0.4) is 0 Å². The molecule has 2 aromatic carbocycles. The Labute approximate surface area is 224 Å². The SMILES string of the molecule is O=S(=O)(c1ccc(CNc2nc(Nc3cccc(C(F)(F)F)c3)nc(OCC(F)(F)F)n2)cc1)N1CCOCC1. The number of anilines is 3. The summed E-state index contributed by atoms with van der Waals surface area (Å²) >= 11 is 0. The first kappa shape index (κ1) is 29.3. The third kappa shape index (κ3) is 7.92. The van der Waals surface area contributed by atoms with Gasteiger partial charge < -0.3 is 20.1 Å². The molecule has 216 valence electrons. The number of rotatable bonds is 9. The summed E-state index contributed by atoms with van der Waals surface area (Å²) in [6.07, 6.45) is -9.32. The molecule has 1 fully saturated rings. The Morgan fingerprint density at radius 1 is 0.925 bits per heavy atom.